The van der Waals surface area contributed by atoms with Crippen molar-refractivity contribution in [2.45, 2.75) is 38.9 Å². The van der Waals surface area contributed by atoms with Gasteiger partial charge in [0.15, 0.2) is 0 Å². The second-order valence-electron chi connectivity index (χ2n) is 4.42. The first-order valence-corrected chi connectivity index (χ1v) is 6.61. The maximum atomic E-state index is 12.8. The summed E-state index contributed by atoms with van der Waals surface area (Å²) in [6, 6.07) is 1.87. The lowest BCUT2D eigenvalue weighted by Gasteiger charge is -2.18. The first-order chi connectivity index (χ1) is 9.40. The summed E-state index contributed by atoms with van der Waals surface area (Å²) in [5.41, 5.74) is -0.746. The van der Waals surface area contributed by atoms with E-state index in [4.69, 9.17) is 5.11 Å². The molecule has 1 aromatic heterocycles. The Balaban J connectivity index is 3.02. The first-order valence-electron chi connectivity index (χ1n) is 6.61. The molecule has 114 valence electrons. The molecule has 1 aromatic rings. The van der Waals surface area contributed by atoms with Gasteiger partial charge in [-0.05, 0) is 31.9 Å². The molecule has 0 radical (unpaired) electrons. The van der Waals surface area contributed by atoms with Crippen LogP contribution in [0.15, 0.2) is 12.1 Å². The molecular formula is C13H20F3N3O. The Hall–Kier alpha value is -1.50. The highest BCUT2D eigenvalue weighted by Crippen LogP contribution is 2.32. The molecule has 20 heavy (non-hydrogen) atoms. The predicted molar refractivity (Wildman–Crippen MR) is 72.8 cm³/mol. The summed E-state index contributed by atoms with van der Waals surface area (Å²) in [5.74, 6) is 0.347. The molecule has 0 amide bonds. The summed E-state index contributed by atoms with van der Waals surface area (Å²) in [6.07, 6.45) is -3.26. The average molecular weight is 291 g/mol. The Labute approximate surface area is 116 Å². The van der Waals surface area contributed by atoms with E-state index in [9.17, 15) is 13.2 Å². The smallest absolute Gasteiger partial charge is 0.396 e. The van der Waals surface area contributed by atoms with Gasteiger partial charge in [-0.2, -0.15) is 13.2 Å². The predicted octanol–water partition coefficient (Wildman–Crippen LogP) is 3.11. The molecule has 0 bridgehead atoms. The molecule has 7 heteroatoms. The molecule has 4 nitrogen and oxygen atoms in total. The number of anilines is 2. The van der Waals surface area contributed by atoms with Crippen molar-refractivity contribution >= 4 is 11.6 Å². The van der Waals surface area contributed by atoms with Crippen molar-refractivity contribution in [3.63, 3.8) is 0 Å². The van der Waals surface area contributed by atoms with Gasteiger partial charge in [-0.1, -0.05) is 6.92 Å². The molecule has 0 fully saturated rings. The fourth-order valence-corrected chi connectivity index (χ4v) is 1.78. The van der Waals surface area contributed by atoms with Gasteiger partial charge >= 0.3 is 6.18 Å². The van der Waals surface area contributed by atoms with E-state index < -0.39 is 11.7 Å². The van der Waals surface area contributed by atoms with Crippen LogP contribution in [0.1, 0.15) is 32.3 Å². The van der Waals surface area contributed by atoms with Gasteiger partial charge < -0.3 is 15.7 Å². The number of rotatable bonds is 7. The maximum absolute atomic E-state index is 12.8. The quantitative estimate of drug-likeness (QED) is 0.722. The van der Waals surface area contributed by atoms with Gasteiger partial charge in [0.1, 0.15) is 11.6 Å². The van der Waals surface area contributed by atoms with E-state index in [1.165, 1.54) is 0 Å². The minimum Gasteiger partial charge on any atom is -0.396 e. The van der Waals surface area contributed by atoms with E-state index in [2.05, 4.69) is 15.6 Å². The molecule has 0 aromatic carbocycles. The second-order valence-corrected chi connectivity index (χ2v) is 4.42. The summed E-state index contributed by atoms with van der Waals surface area (Å²) in [4.78, 5) is 4.10. The van der Waals surface area contributed by atoms with E-state index >= 15 is 0 Å². The third-order valence-corrected chi connectivity index (χ3v) is 2.83. The van der Waals surface area contributed by atoms with Crippen LogP contribution in [0, 0.1) is 0 Å². The van der Waals surface area contributed by atoms with Crippen molar-refractivity contribution in [2.24, 2.45) is 0 Å². The highest BCUT2D eigenvalue weighted by molar-refractivity contribution is 5.50. The van der Waals surface area contributed by atoms with Gasteiger partial charge in [-0.25, -0.2) is 4.98 Å². The SMILES string of the molecule is CCNc1cc(C(F)(F)F)cc(NC(CC)CCO)n1. The Morgan fingerprint density at radius 3 is 2.40 bits per heavy atom. The molecule has 1 atom stereocenters. The summed E-state index contributed by atoms with van der Waals surface area (Å²) in [6.45, 7) is 4.15. The van der Waals surface area contributed by atoms with Crippen LogP contribution in [-0.2, 0) is 6.18 Å². The molecule has 0 aliphatic rings. The number of halogens is 3. The summed E-state index contributed by atoms with van der Waals surface area (Å²) >= 11 is 0. The van der Waals surface area contributed by atoms with Crippen molar-refractivity contribution in [3.05, 3.63) is 17.7 Å². The van der Waals surface area contributed by atoms with E-state index in [0.29, 0.717) is 19.4 Å². The molecule has 0 aliphatic carbocycles. The van der Waals surface area contributed by atoms with Gasteiger partial charge in [0.2, 0.25) is 0 Å². The van der Waals surface area contributed by atoms with Crippen LogP contribution in [0.4, 0.5) is 24.8 Å². The van der Waals surface area contributed by atoms with Crippen molar-refractivity contribution in [3.8, 4) is 0 Å². The van der Waals surface area contributed by atoms with Crippen LogP contribution >= 0.6 is 0 Å². The molecule has 1 rings (SSSR count). The van der Waals surface area contributed by atoms with Crippen LogP contribution in [0.2, 0.25) is 0 Å². The third-order valence-electron chi connectivity index (χ3n) is 2.83. The van der Waals surface area contributed by atoms with Gasteiger partial charge in [-0.3, -0.25) is 0 Å². The van der Waals surface area contributed by atoms with Crippen LogP contribution < -0.4 is 10.6 Å². The lowest BCUT2D eigenvalue weighted by Crippen LogP contribution is -2.21. The fraction of sp³-hybridized carbons (Fsp3) is 0.615. The zero-order chi connectivity index (χ0) is 15.2. The van der Waals surface area contributed by atoms with Crippen molar-refractivity contribution in [1.82, 2.24) is 4.98 Å². The highest BCUT2D eigenvalue weighted by Gasteiger charge is 2.31. The van der Waals surface area contributed by atoms with Crippen LogP contribution in [0.3, 0.4) is 0 Å². The number of nitrogens with one attached hydrogen (secondary N) is 2. The standard InChI is InChI=1S/C13H20F3N3O/c1-3-10(5-6-20)18-12-8-9(13(14,15)16)7-11(19-12)17-4-2/h7-8,10,20H,3-6H2,1-2H3,(H2,17,18,19). The fourth-order valence-electron chi connectivity index (χ4n) is 1.78. The van der Waals surface area contributed by atoms with Gasteiger partial charge in [-0.15, -0.1) is 0 Å². The molecular weight excluding hydrogens is 271 g/mol. The third kappa shape index (κ3) is 4.88. The number of aliphatic hydroxyl groups is 1. The Kier molecular flexibility index (Phi) is 6.06. The topological polar surface area (TPSA) is 57.2 Å². The number of aliphatic hydroxyl groups excluding tert-OH is 1. The van der Waals surface area contributed by atoms with Crippen LogP contribution in [0.25, 0.3) is 0 Å². The van der Waals surface area contributed by atoms with Gasteiger partial charge in [0.05, 0.1) is 5.56 Å². The number of aromatic nitrogens is 1. The Bertz CT molecular complexity index is 424. The molecule has 0 saturated heterocycles. The zero-order valence-electron chi connectivity index (χ0n) is 11.6. The van der Waals surface area contributed by atoms with Gasteiger partial charge in [0.25, 0.3) is 0 Å². The lowest BCUT2D eigenvalue weighted by atomic mass is 10.1. The van der Waals surface area contributed by atoms with E-state index in [0.717, 1.165) is 12.1 Å². The largest absolute Gasteiger partial charge is 0.416 e. The van der Waals surface area contributed by atoms with E-state index in [1.54, 1.807) is 6.92 Å². The number of hydrogen-bond donors (Lipinski definition) is 3. The number of alkyl halides is 3. The number of pyridine rings is 1. The van der Waals surface area contributed by atoms with Gasteiger partial charge in [0, 0.05) is 19.2 Å². The second kappa shape index (κ2) is 7.33. The Morgan fingerprint density at radius 2 is 1.90 bits per heavy atom. The van der Waals surface area contributed by atoms with E-state index in [1.807, 2.05) is 6.92 Å². The normalized spacial score (nSPS) is 13.1. The number of nitrogens with zero attached hydrogens (tertiary/aromatic N) is 1. The number of hydrogen-bond acceptors (Lipinski definition) is 4. The van der Waals surface area contributed by atoms with Crippen LogP contribution in [0.5, 0.6) is 0 Å². The molecule has 0 saturated carbocycles. The van der Waals surface area contributed by atoms with Crippen molar-refractivity contribution < 1.29 is 18.3 Å². The van der Waals surface area contributed by atoms with Crippen molar-refractivity contribution in [1.29, 1.82) is 0 Å². The van der Waals surface area contributed by atoms with Crippen LogP contribution in [-0.4, -0.2) is 29.3 Å². The molecule has 1 heterocycles. The minimum absolute atomic E-state index is 0.0233. The zero-order valence-corrected chi connectivity index (χ0v) is 11.6. The summed E-state index contributed by atoms with van der Waals surface area (Å²) in [7, 11) is 0. The maximum Gasteiger partial charge on any atom is 0.416 e. The van der Waals surface area contributed by atoms with E-state index in [-0.39, 0.29) is 24.3 Å². The molecule has 3 N–H and O–H groups in total. The highest BCUT2D eigenvalue weighted by atomic mass is 19.4. The molecule has 0 spiro atoms. The summed E-state index contributed by atoms with van der Waals surface area (Å²) < 4.78 is 38.5. The average Bonchev–Trinajstić information content (AvgIpc) is 2.37. The van der Waals surface area contributed by atoms with Crippen molar-refractivity contribution in [2.75, 3.05) is 23.8 Å². The minimum atomic E-state index is -4.41. The molecule has 0 aliphatic heterocycles. The monoisotopic (exact) mass is 291 g/mol. The first kappa shape index (κ1) is 16.6. The Morgan fingerprint density at radius 1 is 1.25 bits per heavy atom. The molecule has 1 unspecified atom stereocenters. The summed E-state index contributed by atoms with van der Waals surface area (Å²) in [5, 5.41) is 14.6. The lowest BCUT2D eigenvalue weighted by molar-refractivity contribution is -0.137.